The second-order valence-electron chi connectivity index (χ2n) is 7.24. The normalized spacial score (nSPS) is 24.0. The third-order valence-electron chi connectivity index (χ3n) is 5.86. The van der Waals surface area contributed by atoms with Crippen molar-refractivity contribution in [3.63, 3.8) is 0 Å². The second kappa shape index (κ2) is 5.45. The summed E-state index contributed by atoms with van der Waals surface area (Å²) in [7, 11) is 0. The minimum absolute atomic E-state index is 0.00803. The van der Waals surface area contributed by atoms with Crippen LogP contribution >= 0.6 is 12.2 Å². The van der Waals surface area contributed by atoms with Crippen LogP contribution in [0.5, 0.6) is 0 Å². The van der Waals surface area contributed by atoms with Gasteiger partial charge in [-0.25, -0.2) is 0 Å². The SMILES string of the molecule is C[C@@]1(C2CCCCC2)Cc2ccccc2-c2[nH]c(=S)[nH]c(=O)c21. The van der Waals surface area contributed by atoms with E-state index in [0.717, 1.165) is 23.2 Å². The summed E-state index contributed by atoms with van der Waals surface area (Å²) in [6.45, 7) is 2.28. The monoisotopic (exact) mass is 326 g/mol. The molecule has 0 bridgehead atoms. The molecule has 2 aromatic rings. The lowest BCUT2D eigenvalue weighted by Gasteiger charge is -2.43. The maximum absolute atomic E-state index is 12.8. The molecule has 2 N–H and O–H groups in total. The van der Waals surface area contributed by atoms with Crippen LogP contribution in [0.2, 0.25) is 0 Å². The molecule has 2 aliphatic rings. The minimum Gasteiger partial charge on any atom is -0.331 e. The van der Waals surface area contributed by atoms with E-state index >= 15 is 0 Å². The molecule has 0 saturated heterocycles. The van der Waals surface area contributed by atoms with Crippen molar-refractivity contribution in [2.24, 2.45) is 5.92 Å². The van der Waals surface area contributed by atoms with E-state index in [1.807, 2.05) is 6.07 Å². The van der Waals surface area contributed by atoms with Gasteiger partial charge in [-0.05, 0) is 43.0 Å². The zero-order chi connectivity index (χ0) is 16.0. The first-order chi connectivity index (χ1) is 11.1. The average Bonchev–Trinajstić information content (AvgIpc) is 2.55. The highest BCUT2D eigenvalue weighted by Gasteiger charge is 2.43. The third kappa shape index (κ3) is 2.31. The maximum atomic E-state index is 12.8. The molecule has 1 atom stereocenters. The Labute approximate surface area is 141 Å². The van der Waals surface area contributed by atoms with Crippen molar-refractivity contribution in [1.82, 2.24) is 9.97 Å². The number of nitrogens with one attached hydrogen (secondary N) is 2. The fourth-order valence-corrected chi connectivity index (χ4v) is 4.92. The summed E-state index contributed by atoms with van der Waals surface area (Å²) in [5.41, 5.74) is 4.19. The zero-order valence-electron chi connectivity index (χ0n) is 13.4. The van der Waals surface area contributed by atoms with E-state index in [-0.39, 0.29) is 11.0 Å². The lowest BCUT2D eigenvalue weighted by molar-refractivity contribution is 0.213. The van der Waals surface area contributed by atoms with E-state index in [0.29, 0.717) is 10.7 Å². The first kappa shape index (κ1) is 14.9. The Balaban J connectivity index is 1.98. The summed E-state index contributed by atoms with van der Waals surface area (Å²) < 4.78 is 0.413. The minimum atomic E-state index is -0.114. The Hall–Kier alpha value is -1.68. The van der Waals surface area contributed by atoms with Crippen molar-refractivity contribution < 1.29 is 0 Å². The Morgan fingerprint density at radius 3 is 2.65 bits per heavy atom. The fourth-order valence-electron chi connectivity index (χ4n) is 4.72. The van der Waals surface area contributed by atoms with Gasteiger partial charge >= 0.3 is 0 Å². The molecule has 4 rings (SSSR count). The Bertz CT molecular complexity index is 860. The molecule has 3 nitrogen and oxygen atoms in total. The zero-order valence-corrected chi connectivity index (χ0v) is 14.3. The quantitative estimate of drug-likeness (QED) is 0.758. The van der Waals surface area contributed by atoms with Gasteiger partial charge in [0.15, 0.2) is 4.77 Å². The topological polar surface area (TPSA) is 48.6 Å². The third-order valence-corrected chi connectivity index (χ3v) is 6.07. The van der Waals surface area contributed by atoms with Crippen LogP contribution in [-0.4, -0.2) is 9.97 Å². The number of rotatable bonds is 1. The molecule has 1 saturated carbocycles. The molecule has 0 unspecified atom stereocenters. The summed E-state index contributed by atoms with van der Waals surface area (Å²) in [6, 6.07) is 8.41. The molecule has 1 aromatic carbocycles. The molecule has 2 aliphatic carbocycles. The van der Waals surface area contributed by atoms with Gasteiger partial charge in [-0.15, -0.1) is 0 Å². The van der Waals surface area contributed by atoms with Crippen LogP contribution < -0.4 is 5.56 Å². The van der Waals surface area contributed by atoms with Gasteiger partial charge in [0.1, 0.15) is 0 Å². The van der Waals surface area contributed by atoms with Crippen LogP contribution in [0.3, 0.4) is 0 Å². The van der Waals surface area contributed by atoms with E-state index < -0.39 is 0 Å². The van der Waals surface area contributed by atoms with Crippen molar-refractivity contribution in [3.05, 3.63) is 50.5 Å². The van der Waals surface area contributed by atoms with Gasteiger partial charge in [0.05, 0.1) is 5.69 Å². The molecular weight excluding hydrogens is 304 g/mol. The predicted molar refractivity (Wildman–Crippen MR) is 95.3 cm³/mol. The molecule has 0 amide bonds. The lowest BCUT2D eigenvalue weighted by atomic mass is 9.60. The first-order valence-corrected chi connectivity index (χ1v) is 8.96. The standard InChI is InChI=1S/C19H22N2OS/c1-19(13-8-3-2-4-9-13)11-12-7-5-6-10-14(12)16-15(19)17(22)21-18(23)20-16/h5-7,10,13H,2-4,8-9,11H2,1H3,(H2,20,21,22,23)/t19-/m0/s1. The molecule has 0 aliphatic heterocycles. The van der Waals surface area contributed by atoms with Gasteiger partial charge < -0.3 is 4.98 Å². The number of aromatic nitrogens is 2. The molecule has 120 valence electrons. The molecule has 23 heavy (non-hydrogen) atoms. The van der Waals surface area contributed by atoms with Crippen molar-refractivity contribution in [2.75, 3.05) is 0 Å². The summed E-state index contributed by atoms with van der Waals surface area (Å²) >= 11 is 5.23. The van der Waals surface area contributed by atoms with Crippen LogP contribution in [0, 0.1) is 10.7 Å². The van der Waals surface area contributed by atoms with Gasteiger partial charge in [0, 0.05) is 16.5 Å². The summed E-state index contributed by atoms with van der Waals surface area (Å²) in [5.74, 6) is 0.564. The van der Waals surface area contributed by atoms with Crippen LogP contribution in [0.1, 0.15) is 50.2 Å². The largest absolute Gasteiger partial charge is 0.331 e. The smallest absolute Gasteiger partial charge is 0.256 e. The van der Waals surface area contributed by atoms with E-state index in [2.05, 4.69) is 35.1 Å². The van der Waals surface area contributed by atoms with Crippen LogP contribution in [0.4, 0.5) is 0 Å². The van der Waals surface area contributed by atoms with E-state index in [1.54, 1.807) is 0 Å². The number of hydrogen-bond acceptors (Lipinski definition) is 2. The van der Waals surface area contributed by atoms with Crippen molar-refractivity contribution in [3.8, 4) is 11.3 Å². The highest BCUT2D eigenvalue weighted by atomic mass is 32.1. The van der Waals surface area contributed by atoms with Gasteiger partial charge in [-0.1, -0.05) is 50.5 Å². The Morgan fingerprint density at radius 1 is 1.13 bits per heavy atom. The Kier molecular flexibility index (Phi) is 3.52. The summed E-state index contributed by atoms with van der Waals surface area (Å²) in [5, 5.41) is 0. The first-order valence-electron chi connectivity index (χ1n) is 8.55. The van der Waals surface area contributed by atoms with Crippen LogP contribution in [-0.2, 0) is 11.8 Å². The second-order valence-corrected chi connectivity index (χ2v) is 7.65. The maximum Gasteiger partial charge on any atom is 0.256 e. The fraction of sp³-hybridized carbons (Fsp3) is 0.474. The van der Waals surface area contributed by atoms with Gasteiger partial charge in [0.2, 0.25) is 0 Å². The van der Waals surface area contributed by atoms with Gasteiger partial charge in [-0.2, -0.15) is 0 Å². The number of fused-ring (bicyclic) bond motifs is 3. The van der Waals surface area contributed by atoms with E-state index in [1.165, 1.54) is 37.7 Å². The van der Waals surface area contributed by atoms with Crippen LogP contribution in [0.15, 0.2) is 29.1 Å². The summed E-state index contributed by atoms with van der Waals surface area (Å²) in [6.07, 6.45) is 7.24. The highest BCUT2D eigenvalue weighted by Crippen LogP contribution is 2.48. The lowest BCUT2D eigenvalue weighted by Crippen LogP contribution is -2.43. The van der Waals surface area contributed by atoms with Crippen molar-refractivity contribution in [1.29, 1.82) is 0 Å². The number of hydrogen-bond donors (Lipinski definition) is 2. The number of aromatic amines is 2. The Morgan fingerprint density at radius 2 is 1.87 bits per heavy atom. The molecule has 4 heteroatoms. The van der Waals surface area contributed by atoms with Crippen molar-refractivity contribution >= 4 is 12.2 Å². The molecule has 0 spiro atoms. The molecule has 1 heterocycles. The molecular formula is C19H22N2OS. The average molecular weight is 326 g/mol. The predicted octanol–water partition coefficient (Wildman–Crippen LogP) is 4.49. The van der Waals surface area contributed by atoms with Gasteiger partial charge in [-0.3, -0.25) is 9.78 Å². The number of H-pyrrole nitrogens is 2. The molecule has 0 radical (unpaired) electrons. The van der Waals surface area contributed by atoms with E-state index in [4.69, 9.17) is 12.2 Å². The highest BCUT2D eigenvalue weighted by molar-refractivity contribution is 7.71. The van der Waals surface area contributed by atoms with E-state index in [9.17, 15) is 4.79 Å². The summed E-state index contributed by atoms with van der Waals surface area (Å²) in [4.78, 5) is 18.9. The number of benzene rings is 1. The van der Waals surface area contributed by atoms with Crippen molar-refractivity contribution in [2.45, 2.75) is 50.9 Å². The molecule has 1 aromatic heterocycles. The molecule has 1 fully saturated rings. The van der Waals surface area contributed by atoms with Crippen LogP contribution in [0.25, 0.3) is 11.3 Å². The van der Waals surface area contributed by atoms with Gasteiger partial charge in [0.25, 0.3) is 5.56 Å².